The minimum Gasteiger partial charge on any atom is -0.326 e. The van der Waals surface area contributed by atoms with Crippen LogP contribution in [0.2, 0.25) is 0 Å². The monoisotopic (exact) mass is 354 g/mol. The molecule has 6 heteroatoms. The lowest BCUT2D eigenvalue weighted by atomic mass is 10.2. The van der Waals surface area contributed by atoms with Crippen LogP contribution in [0.25, 0.3) is 0 Å². The molecule has 0 bridgehead atoms. The molecule has 2 rings (SSSR count). The predicted octanol–water partition coefficient (Wildman–Crippen LogP) is 3.02. The highest BCUT2D eigenvalue weighted by Gasteiger charge is 2.15. The number of halogens is 1. The Balaban J connectivity index is 2.33. The molecule has 0 saturated carbocycles. The van der Waals surface area contributed by atoms with Crippen LogP contribution in [0, 0.1) is 6.92 Å². The van der Waals surface area contributed by atoms with Gasteiger partial charge in [0.1, 0.15) is 0 Å². The standard InChI is InChI=1S/C14H15BrN2O2S/c1-10-13(15)3-2-4-14(10)17-20(18,19)12-7-5-11(9-16)6-8-12/h2-8,17H,9,16H2,1H3. The zero-order chi connectivity index (χ0) is 14.8. The summed E-state index contributed by atoms with van der Waals surface area (Å²) in [7, 11) is -3.59. The summed E-state index contributed by atoms with van der Waals surface area (Å²) in [6, 6.07) is 11.9. The first-order valence-corrected chi connectivity index (χ1v) is 8.28. The number of hydrogen-bond donors (Lipinski definition) is 2. The highest BCUT2D eigenvalue weighted by Crippen LogP contribution is 2.25. The molecule has 4 nitrogen and oxygen atoms in total. The number of anilines is 1. The highest BCUT2D eigenvalue weighted by molar-refractivity contribution is 9.10. The van der Waals surface area contributed by atoms with Gasteiger partial charge >= 0.3 is 0 Å². The normalized spacial score (nSPS) is 11.3. The largest absolute Gasteiger partial charge is 0.326 e. The Bertz CT molecular complexity index is 712. The molecule has 3 N–H and O–H groups in total. The van der Waals surface area contributed by atoms with Crippen molar-refractivity contribution < 1.29 is 8.42 Å². The Labute approximate surface area is 127 Å². The van der Waals surface area contributed by atoms with E-state index < -0.39 is 10.0 Å². The molecule has 2 aromatic carbocycles. The number of nitrogens with two attached hydrogens (primary N) is 1. The van der Waals surface area contributed by atoms with Crippen LogP contribution in [-0.2, 0) is 16.6 Å². The second kappa shape index (κ2) is 5.95. The van der Waals surface area contributed by atoms with Crippen molar-refractivity contribution in [2.45, 2.75) is 18.4 Å². The Morgan fingerprint density at radius 2 is 1.80 bits per heavy atom. The van der Waals surface area contributed by atoms with Crippen LogP contribution < -0.4 is 10.5 Å². The van der Waals surface area contributed by atoms with Crippen molar-refractivity contribution in [1.82, 2.24) is 0 Å². The Morgan fingerprint density at radius 3 is 2.40 bits per heavy atom. The van der Waals surface area contributed by atoms with Gasteiger partial charge in [-0.2, -0.15) is 0 Å². The first kappa shape index (κ1) is 15.0. The van der Waals surface area contributed by atoms with E-state index in [2.05, 4.69) is 20.7 Å². The third-order valence-corrected chi connectivity index (χ3v) is 5.22. The predicted molar refractivity (Wildman–Crippen MR) is 84.0 cm³/mol. The van der Waals surface area contributed by atoms with Crippen molar-refractivity contribution in [3.63, 3.8) is 0 Å². The molecular weight excluding hydrogens is 340 g/mol. The van der Waals surface area contributed by atoms with Crippen LogP contribution in [0.15, 0.2) is 51.8 Å². The third kappa shape index (κ3) is 3.20. The first-order chi connectivity index (χ1) is 9.44. The van der Waals surface area contributed by atoms with E-state index in [1.807, 2.05) is 13.0 Å². The summed E-state index contributed by atoms with van der Waals surface area (Å²) in [5.74, 6) is 0. The fraction of sp³-hybridized carbons (Fsp3) is 0.143. The molecule has 0 unspecified atom stereocenters. The van der Waals surface area contributed by atoms with E-state index in [1.54, 1.807) is 36.4 Å². The maximum Gasteiger partial charge on any atom is 0.261 e. The molecule has 2 aromatic rings. The number of rotatable bonds is 4. The second-order valence-electron chi connectivity index (χ2n) is 4.37. The summed E-state index contributed by atoms with van der Waals surface area (Å²) in [6.45, 7) is 2.23. The minimum atomic E-state index is -3.59. The summed E-state index contributed by atoms with van der Waals surface area (Å²) in [4.78, 5) is 0.217. The van der Waals surface area contributed by atoms with Gasteiger partial charge in [0.25, 0.3) is 10.0 Å². The lowest BCUT2D eigenvalue weighted by Gasteiger charge is -2.11. The van der Waals surface area contributed by atoms with Crippen molar-refractivity contribution >= 4 is 31.6 Å². The maximum absolute atomic E-state index is 12.3. The van der Waals surface area contributed by atoms with Crippen molar-refractivity contribution in [3.8, 4) is 0 Å². The zero-order valence-corrected chi connectivity index (χ0v) is 13.3. The number of benzene rings is 2. The van der Waals surface area contributed by atoms with Crippen molar-refractivity contribution in [3.05, 3.63) is 58.1 Å². The third-order valence-electron chi connectivity index (χ3n) is 2.98. The second-order valence-corrected chi connectivity index (χ2v) is 6.90. The summed E-state index contributed by atoms with van der Waals surface area (Å²) in [5, 5.41) is 0. The molecule has 0 saturated heterocycles. The molecule has 0 heterocycles. The van der Waals surface area contributed by atoms with E-state index in [0.29, 0.717) is 12.2 Å². The Kier molecular flexibility index (Phi) is 4.47. The van der Waals surface area contributed by atoms with Crippen LogP contribution in [-0.4, -0.2) is 8.42 Å². The first-order valence-electron chi connectivity index (χ1n) is 6.01. The average Bonchev–Trinajstić information content (AvgIpc) is 2.44. The van der Waals surface area contributed by atoms with Gasteiger partial charge in [0.2, 0.25) is 0 Å². The molecule has 106 valence electrons. The summed E-state index contributed by atoms with van der Waals surface area (Å²) in [6.07, 6.45) is 0. The van der Waals surface area contributed by atoms with Crippen molar-refractivity contribution in [1.29, 1.82) is 0 Å². The molecular formula is C14H15BrN2O2S. The molecule has 0 spiro atoms. The number of nitrogens with one attached hydrogen (secondary N) is 1. The van der Waals surface area contributed by atoms with Crippen LogP contribution in [0.3, 0.4) is 0 Å². The van der Waals surface area contributed by atoms with Crippen molar-refractivity contribution in [2.24, 2.45) is 5.73 Å². The van der Waals surface area contributed by atoms with E-state index >= 15 is 0 Å². The number of sulfonamides is 1. The van der Waals surface area contributed by atoms with Gasteiger partial charge in [0.05, 0.1) is 10.6 Å². The topological polar surface area (TPSA) is 72.2 Å². The Morgan fingerprint density at radius 1 is 1.15 bits per heavy atom. The van der Waals surface area contributed by atoms with Gasteiger partial charge in [0.15, 0.2) is 0 Å². The summed E-state index contributed by atoms with van der Waals surface area (Å²) >= 11 is 3.38. The van der Waals surface area contributed by atoms with Gasteiger partial charge < -0.3 is 5.73 Å². The molecule has 0 aliphatic carbocycles. The van der Waals surface area contributed by atoms with E-state index in [9.17, 15) is 8.42 Å². The Hall–Kier alpha value is -1.37. The molecule has 0 fully saturated rings. The number of hydrogen-bond acceptors (Lipinski definition) is 3. The van der Waals surface area contributed by atoms with E-state index in [-0.39, 0.29) is 4.90 Å². The van der Waals surface area contributed by atoms with E-state index in [4.69, 9.17) is 5.73 Å². The van der Waals surface area contributed by atoms with E-state index in [0.717, 1.165) is 15.6 Å². The zero-order valence-electron chi connectivity index (χ0n) is 10.9. The lowest BCUT2D eigenvalue weighted by molar-refractivity contribution is 0.601. The minimum absolute atomic E-state index is 0.217. The fourth-order valence-corrected chi connectivity index (χ4v) is 3.22. The molecule has 0 radical (unpaired) electrons. The van der Waals surface area contributed by atoms with Crippen LogP contribution in [0.5, 0.6) is 0 Å². The molecule has 0 amide bonds. The highest BCUT2D eigenvalue weighted by atomic mass is 79.9. The molecule has 0 aliphatic heterocycles. The molecule has 20 heavy (non-hydrogen) atoms. The van der Waals surface area contributed by atoms with Gasteiger partial charge in [-0.25, -0.2) is 8.42 Å². The summed E-state index contributed by atoms with van der Waals surface area (Å²) in [5.41, 5.74) is 7.79. The van der Waals surface area contributed by atoms with E-state index in [1.165, 1.54) is 0 Å². The smallest absolute Gasteiger partial charge is 0.261 e. The van der Waals surface area contributed by atoms with Gasteiger partial charge in [0, 0.05) is 11.0 Å². The molecule has 0 aliphatic rings. The molecule has 0 atom stereocenters. The fourth-order valence-electron chi connectivity index (χ4n) is 1.73. The average molecular weight is 355 g/mol. The maximum atomic E-state index is 12.3. The lowest BCUT2D eigenvalue weighted by Crippen LogP contribution is -2.14. The van der Waals surface area contributed by atoms with Gasteiger partial charge in [-0.05, 0) is 42.3 Å². The van der Waals surface area contributed by atoms with Gasteiger partial charge in [-0.3, -0.25) is 4.72 Å². The van der Waals surface area contributed by atoms with Crippen LogP contribution in [0.4, 0.5) is 5.69 Å². The van der Waals surface area contributed by atoms with Crippen LogP contribution in [0.1, 0.15) is 11.1 Å². The quantitative estimate of drug-likeness (QED) is 0.886. The summed E-state index contributed by atoms with van der Waals surface area (Å²) < 4.78 is 28.1. The van der Waals surface area contributed by atoms with Crippen LogP contribution >= 0.6 is 15.9 Å². The van der Waals surface area contributed by atoms with Gasteiger partial charge in [-0.1, -0.05) is 34.1 Å². The molecule has 0 aromatic heterocycles. The SMILES string of the molecule is Cc1c(Br)cccc1NS(=O)(=O)c1ccc(CN)cc1. The van der Waals surface area contributed by atoms with Crippen molar-refractivity contribution in [2.75, 3.05) is 4.72 Å². The van der Waals surface area contributed by atoms with Gasteiger partial charge in [-0.15, -0.1) is 0 Å².